The molecule has 2 aromatic heterocycles. The van der Waals surface area contributed by atoms with Gasteiger partial charge in [0.05, 0.1) is 5.01 Å². The van der Waals surface area contributed by atoms with Crippen molar-refractivity contribution in [2.75, 3.05) is 20.1 Å². The fourth-order valence-corrected chi connectivity index (χ4v) is 3.06. The molecule has 2 rings (SSSR count). The molecule has 0 fully saturated rings. The Morgan fingerprint density at radius 3 is 2.88 bits per heavy atom. The van der Waals surface area contributed by atoms with Crippen LogP contribution in [0.3, 0.4) is 0 Å². The Bertz CT molecular complexity index is 595. The van der Waals surface area contributed by atoms with Gasteiger partial charge in [0.2, 0.25) is 0 Å². The number of thiazole rings is 1. The molecule has 0 spiro atoms. The summed E-state index contributed by atoms with van der Waals surface area (Å²) in [5.74, 6) is 1.31. The number of hydrogen-bond acceptors (Lipinski definition) is 4. The largest absolute Gasteiger partial charge is 0.356 e. The van der Waals surface area contributed by atoms with E-state index in [-0.39, 0.29) is 24.0 Å². The van der Waals surface area contributed by atoms with Gasteiger partial charge in [0.15, 0.2) is 5.96 Å². The van der Waals surface area contributed by atoms with Gasteiger partial charge in [-0.15, -0.1) is 35.3 Å². The van der Waals surface area contributed by atoms with Crippen molar-refractivity contribution in [1.29, 1.82) is 0 Å². The number of hydrogen-bond donors (Lipinski definition) is 2. The highest BCUT2D eigenvalue weighted by Gasteiger charge is 2.06. The van der Waals surface area contributed by atoms with E-state index in [0.717, 1.165) is 38.4 Å². The Morgan fingerprint density at radius 1 is 1.42 bits per heavy atom. The maximum Gasteiger partial charge on any atom is 0.191 e. The van der Waals surface area contributed by atoms with Crippen LogP contribution in [-0.2, 0) is 19.4 Å². The van der Waals surface area contributed by atoms with Gasteiger partial charge in [-0.2, -0.15) is 5.10 Å². The zero-order valence-corrected chi connectivity index (χ0v) is 17.7. The van der Waals surface area contributed by atoms with Gasteiger partial charge in [-0.3, -0.25) is 9.67 Å². The number of nitrogens with one attached hydrogen (secondary N) is 2. The van der Waals surface area contributed by atoms with Gasteiger partial charge < -0.3 is 10.6 Å². The highest BCUT2D eigenvalue weighted by atomic mass is 127. The van der Waals surface area contributed by atoms with Crippen molar-refractivity contribution in [3.8, 4) is 0 Å². The number of aliphatic imine (C=N–C) groups is 1. The van der Waals surface area contributed by atoms with Gasteiger partial charge in [0.25, 0.3) is 0 Å². The molecule has 0 radical (unpaired) electrons. The Hall–Kier alpha value is -1.16. The molecule has 1 atom stereocenters. The summed E-state index contributed by atoms with van der Waals surface area (Å²) < 4.78 is 1.95. The van der Waals surface area contributed by atoms with Gasteiger partial charge in [-0.05, 0) is 18.4 Å². The highest BCUT2D eigenvalue weighted by molar-refractivity contribution is 14.0. The van der Waals surface area contributed by atoms with Crippen molar-refractivity contribution in [1.82, 2.24) is 25.4 Å². The van der Waals surface area contributed by atoms with Gasteiger partial charge in [-0.25, -0.2) is 4.98 Å². The van der Waals surface area contributed by atoms with E-state index in [9.17, 15) is 0 Å². The van der Waals surface area contributed by atoms with Crippen LogP contribution >= 0.6 is 35.3 Å². The van der Waals surface area contributed by atoms with Crippen molar-refractivity contribution in [2.45, 2.75) is 33.2 Å². The molecule has 0 bridgehead atoms. The second-order valence-corrected chi connectivity index (χ2v) is 6.74. The molecule has 2 N–H and O–H groups in total. The summed E-state index contributed by atoms with van der Waals surface area (Å²) >= 11 is 1.79. The predicted octanol–water partition coefficient (Wildman–Crippen LogP) is 2.56. The molecule has 0 saturated carbocycles. The Kier molecular flexibility index (Phi) is 9.92. The Balaban J connectivity index is 0.00000288. The van der Waals surface area contributed by atoms with E-state index in [1.807, 2.05) is 29.3 Å². The topological polar surface area (TPSA) is 67.1 Å². The lowest BCUT2D eigenvalue weighted by Gasteiger charge is -2.16. The summed E-state index contributed by atoms with van der Waals surface area (Å²) in [5, 5.41) is 12.1. The first-order valence-electron chi connectivity index (χ1n) is 8.06. The number of halogens is 1. The van der Waals surface area contributed by atoms with Gasteiger partial charge in [-0.1, -0.05) is 13.8 Å². The standard InChI is InChI=1S/C16H26N6S.HI/c1-4-14-11-19-15(23-14)6-8-18-16(17-3)20-10-13(2)12-22-9-5-7-21-22;/h5,7,9,11,13H,4,6,8,10,12H2,1-3H3,(H2,17,18,20);1H. The lowest BCUT2D eigenvalue weighted by molar-refractivity contribution is 0.443. The smallest absolute Gasteiger partial charge is 0.191 e. The first kappa shape index (κ1) is 20.9. The fraction of sp³-hybridized carbons (Fsp3) is 0.562. The molecule has 2 aromatic rings. The molecule has 24 heavy (non-hydrogen) atoms. The summed E-state index contributed by atoms with van der Waals surface area (Å²) in [6.45, 7) is 6.95. The molecule has 0 amide bonds. The van der Waals surface area contributed by atoms with E-state index in [2.05, 4.69) is 39.6 Å². The quantitative estimate of drug-likeness (QED) is 0.360. The first-order valence-corrected chi connectivity index (χ1v) is 8.88. The minimum atomic E-state index is 0. The average Bonchev–Trinajstić information content (AvgIpc) is 3.22. The third kappa shape index (κ3) is 7.16. The van der Waals surface area contributed by atoms with Crippen molar-refractivity contribution in [2.24, 2.45) is 10.9 Å². The molecule has 6 nitrogen and oxygen atoms in total. The zero-order chi connectivity index (χ0) is 16.5. The average molecular weight is 462 g/mol. The van der Waals surface area contributed by atoms with Gasteiger partial charge in [0.1, 0.15) is 0 Å². The lowest BCUT2D eigenvalue weighted by atomic mass is 10.2. The van der Waals surface area contributed by atoms with Crippen LogP contribution in [0, 0.1) is 5.92 Å². The summed E-state index contributed by atoms with van der Waals surface area (Å²) in [6.07, 6.45) is 7.76. The molecule has 8 heteroatoms. The van der Waals surface area contributed by atoms with Crippen LogP contribution in [0.2, 0.25) is 0 Å². The molecule has 1 unspecified atom stereocenters. The van der Waals surface area contributed by atoms with Crippen molar-refractivity contribution >= 4 is 41.3 Å². The Morgan fingerprint density at radius 2 is 2.25 bits per heavy atom. The third-order valence-corrected chi connectivity index (χ3v) is 4.68. The molecule has 0 saturated heterocycles. The maximum absolute atomic E-state index is 4.43. The van der Waals surface area contributed by atoms with Crippen molar-refractivity contribution in [3.63, 3.8) is 0 Å². The van der Waals surface area contributed by atoms with E-state index < -0.39 is 0 Å². The molecular weight excluding hydrogens is 435 g/mol. The van der Waals surface area contributed by atoms with E-state index in [1.54, 1.807) is 18.4 Å². The van der Waals surface area contributed by atoms with E-state index >= 15 is 0 Å². The van der Waals surface area contributed by atoms with Crippen LogP contribution in [-0.4, -0.2) is 40.9 Å². The minimum Gasteiger partial charge on any atom is -0.356 e. The summed E-state index contributed by atoms with van der Waals surface area (Å²) in [7, 11) is 1.80. The summed E-state index contributed by atoms with van der Waals surface area (Å²) in [4.78, 5) is 10.0. The van der Waals surface area contributed by atoms with Crippen molar-refractivity contribution in [3.05, 3.63) is 34.5 Å². The predicted molar refractivity (Wildman–Crippen MR) is 111 cm³/mol. The summed E-state index contributed by atoms with van der Waals surface area (Å²) in [5.41, 5.74) is 0. The summed E-state index contributed by atoms with van der Waals surface area (Å²) in [6, 6.07) is 1.95. The number of nitrogens with zero attached hydrogens (tertiary/aromatic N) is 4. The number of aromatic nitrogens is 3. The van der Waals surface area contributed by atoms with Crippen LogP contribution in [0.5, 0.6) is 0 Å². The lowest BCUT2D eigenvalue weighted by Crippen LogP contribution is -2.40. The Labute approximate surface area is 165 Å². The zero-order valence-electron chi connectivity index (χ0n) is 14.5. The van der Waals surface area contributed by atoms with Crippen LogP contribution in [0.1, 0.15) is 23.7 Å². The normalized spacial score (nSPS) is 12.5. The van der Waals surface area contributed by atoms with E-state index in [4.69, 9.17) is 0 Å². The molecule has 0 aromatic carbocycles. The molecular formula is C16H27IN6S. The van der Waals surface area contributed by atoms with E-state index in [1.165, 1.54) is 9.88 Å². The number of rotatable bonds is 8. The molecule has 0 aliphatic heterocycles. The minimum absolute atomic E-state index is 0. The second kappa shape index (κ2) is 11.4. The molecule has 0 aliphatic carbocycles. The van der Waals surface area contributed by atoms with Gasteiger partial charge in [0, 0.05) is 56.6 Å². The van der Waals surface area contributed by atoms with Crippen LogP contribution < -0.4 is 10.6 Å². The number of aryl methyl sites for hydroxylation is 1. The van der Waals surface area contributed by atoms with Gasteiger partial charge >= 0.3 is 0 Å². The molecule has 134 valence electrons. The fourth-order valence-electron chi connectivity index (χ4n) is 2.20. The SMILES string of the molecule is CCc1cnc(CCNC(=NC)NCC(C)Cn2cccn2)s1.I. The molecule has 2 heterocycles. The van der Waals surface area contributed by atoms with Crippen molar-refractivity contribution < 1.29 is 0 Å². The first-order chi connectivity index (χ1) is 11.2. The second-order valence-electron chi connectivity index (χ2n) is 5.54. The highest BCUT2D eigenvalue weighted by Crippen LogP contribution is 2.13. The van der Waals surface area contributed by atoms with Crippen LogP contribution in [0.25, 0.3) is 0 Å². The maximum atomic E-state index is 4.43. The van der Waals surface area contributed by atoms with E-state index in [0.29, 0.717) is 5.92 Å². The van der Waals surface area contributed by atoms with Crippen LogP contribution in [0.4, 0.5) is 0 Å². The molecule has 0 aliphatic rings. The monoisotopic (exact) mass is 462 g/mol. The number of guanidine groups is 1. The van der Waals surface area contributed by atoms with Crippen LogP contribution in [0.15, 0.2) is 29.6 Å². The third-order valence-electron chi connectivity index (χ3n) is 3.48.